The molecule has 0 heterocycles. The number of ether oxygens (including phenoxy) is 3. The van der Waals surface area contributed by atoms with Crippen LogP contribution in [0.2, 0.25) is 36.3 Å². The lowest BCUT2D eigenvalue weighted by molar-refractivity contribution is -0.124. The molecule has 1 aromatic carbocycles. The van der Waals surface area contributed by atoms with E-state index in [2.05, 4.69) is 61.2 Å². The van der Waals surface area contributed by atoms with Gasteiger partial charge in [-0.15, -0.1) is 6.58 Å². The number of carbonyl (C=O) groups is 1. The van der Waals surface area contributed by atoms with Crippen LogP contribution in [0, 0.1) is 0 Å². The van der Waals surface area contributed by atoms with Gasteiger partial charge in [0.1, 0.15) is 11.5 Å². The minimum Gasteiger partial charge on any atom is -0.497 e. The van der Waals surface area contributed by atoms with Crippen molar-refractivity contribution in [1.82, 2.24) is 0 Å². The van der Waals surface area contributed by atoms with Crippen LogP contribution in [0.3, 0.4) is 0 Å². The first kappa shape index (κ1) is 39.7. The van der Waals surface area contributed by atoms with Crippen molar-refractivity contribution < 1.29 is 33.0 Å². The molecule has 0 saturated carbocycles. The zero-order valence-corrected chi connectivity index (χ0v) is 30.9. The second-order valence-corrected chi connectivity index (χ2v) is 22.8. The molecule has 0 spiro atoms. The molecule has 1 aromatic rings. The van der Waals surface area contributed by atoms with E-state index in [1.165, 1.54) is 0 Å². The molecule has 7 nitrogen and oxygen atoms in total. The number of hydrogen-bond donors (Lipinski definition) is 1. The molecular formula is C34H62O7Si2. The van der Waals surface area contributed by atoms with Gasteiger partial charge in [0.15, 0.2) is 16.6 Å². The maximum absolute atomic E-state index is 13.1. The molecule has 9 heteroatoms. The van der Waals surface area contributed by atoms with Crippen molar-refractivity contribution >= 4 is 22.4 Å². The zero-order valence-electron chi connectivity index (χ0n) is 28.9. The summed E-state index contributed by atoms with van der Waals surface area (Å²) in [5, 5.41) is 11.1. The first-order valence-corrected chi connectivity index (χ1v) is 21.5. The molecule has 0 saturated heterocycles. The highest BCUT2D eigenvalue weighted by molar-refractivity contribution is 6.74. The van der Waals surface area contributed by atoms with Crippen molar-refractivity contribution in [3.63, 3.8) is 0 Å². The highest BCUT2D eigenvalue weighted by Gasteiger charge is 2.39. The van der Waals surface area contributed by atoms with E-state index in [-0.39, 0.29) is 42.0 Å². The van der Waals surface area contributed by atoms with E-state index in [4.69, 9.17) is 23.1 Å². The van der Waals surface area contributed by atoms with Crippen LogP contribution >= 0.6 is 0 Å². The third kappa shape index (κ3) is 14.1. The fourth-order valence-electron chi connectivity index (χ4n) is 5.05. The van der Waals surface area contributed by atoms with Crippen molar-refractivity contribution in [2.45, 2.75) is 141 Å². The summed E-state index contributed by atoms with van der Waals surface area (Å²) in [5.41, 5.74) is 1.04. The summed E-state index contributed by atoms with van der Waals surface area (Å²) in [6.07, 6.45) is 2.41. The molecule has 4 atom stereocenters. The maximum Gasteiger partial charge on any atom is 0.192 e. The SMILES string of the molecule is C=CC[C@H](C[C@@H](CC(=O)C[C@@H](O)C[C@H](COCc1ccc(OC)cc1)O[Si](CC)(CC)CC)OC)O[Si](C)(C)C(C)(C)C. The van der Waals surface area contributed by atoms with Crippen molar-refractivity contribution in [3.05, 3.63) is 42.5 Å². The van der Waals surface area contributed by atoms with Crippen molar-refractivity contribution in [2.24, 2.45) is 0 Å². The summed E-state index contributed by atoms with van der Waals surface area (Å²) < 4.78 is 30.4. The molecule has 0 aliphatic heterocycles. The van der Waals surface area contributed by atoms with Gasteiger partial charge in [-0.1, -0.05) is 59.8 Å². The third-order valence-electron chi connectivity index (χ3n) is 9.09. The largest absolute Gasteiger partial charge is 0.497 e. The molecule has 0 aliphatic carbocycles. The quantitative estimate of drug-likeness (QED) is 0.0959. The van der Waals surface area contributed by atoms with E-state index < -0.39 is 22.7 Å². The molecule has 248 valence electrons. The second-order valence-electron chi connectivity index (χ2n) is 13.3. The number of benzene rings is 1. The van der Waals surface area contributed by atoms with Crippen LogP contribution in [0.25, 0.3) is 0 Å². The standard InChI is InChI=1S/C34H62O7Si2/c1-12-16-31(40-42(10,11)34(5,6)7)24-32(38-9)22-28(35)21-29(36)23-33(41-43(13-2,14-3)15-4)26-39-25-27-17-19-30(37-8)20-18-27/h12,17-20,29,31-33,36H,1,13-16,21-26H2,2-11H3/t29-,31-,32-,33-/m1/s1. The summed E-state index contributed by atoms with van der Waals surface area (Å²) >= 11 is 0. The lowest BCUT2D eigenvalue weighted by atomic mass is 9.99. The molecule has 0 radical (unpaired) electrons. The molecule has 43 heavy (non-hydrogen) atoms. The van der Waals surface area contributed by atoms with Gasteiger partial charge in [-0.2, -0.15) is 0 Å². The van der Waals surface area contributed by atoms with E-state index in [0.29, 0.717) is 32.5 Å². The molecule has 0 aromatic heterocycles. The molecule has 0 fully saturated rings. The van der Waals surface area contributed by atoms with Crippen LogP contribution < -0.4 is 4.74 Å². The van der Waals surface area contributed by atoms with Crippen LogP contribution in [0.15, 0.2) is 36.9 Å². The number of carbonyl (C=O) groups excluding carboxylic acids is 1. The number of methoxy groups -OCH3 is 2. The van der Waals surface area contributed by atoms with Gasteiger partial charge in [-0.05, 0) is 66.8 Å². The van der Waals surface area contributed by atoms with E-state index >= 15 is 0 Å². The van der Waals surface area contributed by atoms with Crippen molar-refractivity contribution in [2.75, 3.05) is 20.8 Å². The summed E-state index contributed by atoms with van der Waals surface area (Å²) in [5.74, 6) is 0.782. The number of ketones is 1. The lowest BCUT2D eigenvalue weighted by Gasteiger charge is -2.39. The Morgan fingerprint density at radius 3 is 2.02 bits per heavy atom. The maximum atomic E-state index is 13.1. The Labute approximate surface area is 264 Å². The predicted molar refractivity (Wildman–Crippen MR) is 182 cm³/mol. The summed E-state index contributed by atoms with van der Waals surface area (Å²) in [4.78, 5) is 13.1. The van der Waals surface area contributed by atoms with Crippen molar-refractivity contribution in [3.8, 4) is 5.75 Å². The Bertz CT molecular complexity index is 917. The van der Waals surface area contributed by atoms with Crippen LogP contribution in [0.1, 0.15) is 79.2 Å². The van der Waals surface area contributed by atoms with Crippen molar-refractivity contribution in [1.29, 1.82) is 0 Å². The molecule has 0 bridgehead atoms. The zero-order chi connectivity index (χ0) is 32.7. The van der Waals surface area contributed by atoms with E-state index in [9.17, 15) is 9.90 Å². The minimum atomic E-state index is -1.99. The van der Waals surface area contributed by atoms with Crippen LogP contribution in [0.4, 0.5) is 0 Å². The van der Waals surface area contributed by atoms with Gasteiger partial charge >= 0.3 is 0 Å². The average Bonchev–Trinajstić information content (AvgIpc) is 2.95. The lowest BCUT2D eigenvalue weighted by Crippen LogP contribution is -2.44. The van der Waals surface area contributed by atoms with E-state index in [1.54, 1.807) is 14.2 Å². The highest BCUT2D eigenvalue weighted by Crippen LogP contribution is 2.38. The van der Waals surface area contributed by atoms with Crippen LogP contribution in [0.5, 0.6) is 5.75 Å². The Morgan fingerprint density at radius 2 is 1.53 bits per heavy atom. The number of rotatable bonds is 23. The van der Waals surface area contributed by atoms with Gasteiger partial charge < -0.3 is 28.2 Å². The third-order valence-corrected chi connectivity index (χ3v) is 18.3. The number of aliphatic hydroxyl groups excluding tert-OH is 1. The molecule has 1 rings (SSSR count). The summed E-state index contributed by atoms with van der Waals surface area (Å²) in [6, 6.07) is 10.8. The number of aliphatic hydroxyl groups is 1. The number of hydrogen-bond acceptors (Lipinski definition) is 7. The first-order chi connectivity index (χ1) is 20.2. The van der Waals surface area contributed by atoms with E-state index in [1.807, 2.05) is 30.3 Å². The Kier molecular flexibility index (Phi) is 17.8. The van der Waals surface area contributed by atoms with Gasteiger partial charge in [0.2, 0.25) is 0 Å². The van der Waals surface area contributed by atoms with Crippen LogP contribution in [-0.4, -0.2) is 72.8 Å². The molecule has 0 aliphatic rings. The van der Waals surface area contributed by atoms with Gasteiger partial charge in [-0.25, -0.2) is 0 Å². The average molecular weight is 639 g/mol. The molecule has 0 amide bonds. The number of Topliss-reactive ketones (excluding diaryl/α,β-unsaturated/α-hetero) is 1. The van der Waals surface area contributed by atoms with Gasteiger partial charge in [-0.3, -0.25) is 4.79 Å². The van der Waals surface area contributed by atoms with Gasteiger partial charge in [0.05, 0.1) is 44.7 Å². The predicted octanol–water partition coefficient (Wildman–Crippen LogP) is 8.07. The Morgan fingerprint density at radius 1 is 0.930 bits per heavy atom. The minimum absolute atomic E-state index is 0.0214. The Hall–Kier alpha value is -1.34. The molecule has 1 N–H and O–H groups in total. The molecular weight excluding hydrogens is 577 g/mol. The second kappa shape index (κ2) is 19.2. The summed E-state index contributed by atoms with van der Waals surface area (Å²) in [7, 11) is -0.658. The highest BCUT2D eigenvalue weighted by atomic mass is 28.4. The molecule has 0 unspecified atom stereocenters. The topological polar surface area (TPSA) is 83.5 Å². The fourth-order valence-corrected chi connectivity index (χ4v) is 9.30. The van der Waals surface area contributed by atoms with Crippen LogP contribution in [-0.2, 0) is 29.7 Å². The van der Waals surface area contributed by atoms with Gasteiger partial charge in [0.25, 0.3) is 0 Å². The van der Waals surface area contributed by atoms with E-state index in [0.717, 1.165) is 29.4 Å². The summed E-state index contributed by atoms with van der Waals surface area (Å²) in [6.45, 7) is 22.4. The van der Waals surface area contributed by atoms with Gasteiger partial charge in [0, 0.05) is 26.4 Å². The fraction of sp³-hybridized carbons (Fsp3) is 0.735. The smallest absolute Gasteiger partial charge is 0.192 e. The normalized spacial score (nSPS) is 15.5. The Balaban J connectivity index is 2.84. The monoisotopic (exact) mass is 638 g/mol. The first-order valence-electron chi connectivity index (χ1n) is 16.1.